The van der Waals surface area contributed by atoms with Gasteiger partial charge in [-0.3, -0.25) is 9.59 Å². The van der Waals surface area contributed by atoms with Gasteiger partial charge in [0.2, 0.25) is 0 Å². The summed E-state index contributed by atoms with van der Waals surface area (Å²) in [6.07, 6.45) is 0.0196. The molecule has 0 aliphatic heterocycles. The average Bonchev–Trinajstić information content (AvgIpc) is 3.34. The maximum Gasteiger partial charge on any atom is 0.406 e. The molecule has 0 saturated heterocycles. The van der Waals surface area contributed by atoms with Gasteiger partial charge in [0.1, 0.15) is 5.76 Å². The molecular formula is C27H33N5O5. The summed E-state index contributed by atoms with van der Waals surface area (Å²) in [6, 6.07) is 16.4. The fourth-order valence-corrected chi connectivity index (χ4v) is 3.50. The van der Waals surface area contributed by atoms with Gasteiger partial charge in [-0.05, 0) is 62.2 Å². The highest BCUT2D eigenvalue weighted by Gasteiger charge is 2.15. The number of nitrogens with one attached hydrogen (secondary N) is 5. The van der Waals surface area contributed by atoms with Crippen LogP contribution in [-0.2, 0) is 4.74 Å². The van der Waals surface area contributed by atoms with Gasteiger partial charge in [0.25, 0.3) is 11.8 Å². The topological polar surface area (TPSA) is 134 Å². The normalized spacial score (nSPS) is 10.4. The van der Waals surface area contributed by atoms with E-state index in [4.69, 9.17) is 4.42 Å². The number of aryl methyl sites for hydroxylation is 2. The summed E-state index contributed by atoms with van der Waals surface area (Å²) in [5, 5.41) is 14.9. The molecule has 3 rings (SSSR count). The first-order valence-corrected chi connectivity index (χ1v) is 12.0. The molecule has 0 bridgehead atoms. The number of para-hydroxylation sites is 1. The summed E-state index contributed by atoms with van der Waals surface area (Å²) in [5.41, 5.74) is 3.72. The first kappa shape index (κ1) is 27.1. The van der Waals surface area contributed by atoms with Gasteiger partial charge in [-0.25, -0.2) is 4.79 Å². The van der Waals surface area contributed by atoms with Crippen LogP contribution in [0.1, 0.15) is 38.7 Å². The smallest absolute Gasteiger partial charge is 0.406 e. The second kappa shape index (κ2) is 13.6. The highest BCUT2D eigenvalue weighted by molar-refractivity contribution is 6.05. The van der Waals surface area contributed by atoms with E-state index in [0.717, 1.165) is 11.3 Å². The molecule has 1 aromatic heterocycles. The van der Waals surface area contributed by atoms with Crippen molar-refractivity contribution in [3.05, 3.63) is 77.2 Å². The molecule has 196 valence electrons. The molecule has 37 heavy (non-hydrogen) atoms. The highest BCUT2D eigenvalue weighted by Crippen LogP contribution is 2.25. The van der Waals surface area contributed by atoms with Gasteiger partial charge < -0.3 is 35.7 Å². The lowest BCUT2D eigenvalue weighted by atomic mass is 10.1. The quantitative estimate of drug-likeness (QED) is 0.233. The minimum absolute atomic E-state index is 0.178. The van der Waals surface area contributed by atoms with E-state index < -0.39 is 12.0 Å². The zero-order chi connectivity index (χ0) is 26.6. The lowest BCUT2D eigenvalue weighted by molar-refractivity contribution is 0.0951. The second-order valence-electron chi connectivity index (χ2n) is 8.32. The molecule has 0 spiro atoms. The molecule has 3 aromatic rings. The van der Waals surface area contributed by atoms with Gasteiger partial charge in [-0.15, -0.1) is 0 Å². The third-order valence-electron chi connectivity index (χ3n) is 5.49. The van der Waals surface area contributed by atoms with Gasteiger partial charge in [-0.2, -0.15) is 0 Å². The van der Waals surface area contributed by atoms with E-state index >= 15 is 0 Å². The molecule has 0 fully saturated rings. The maximum absolute atomic E-state index is 12.7. The molecule has 1 heterocycles. The summed E-state index contributed by atoms with van der Waals surface area (Å²) in [5.74, 6) is 0.0917. The Kier molecular flexibility index (Phi) is 9.95. The Balaban J connectivity index is 1.64. The zero-order valence-corrected chi connectivity index (χ0v) is 21.3. The van der Waals surface area contributed by atoms with Crippen LogP contribution in [0.15, 0.2) is 59.0 Å². The lowest BCUT2D eigenvalue weighted by Crippen LogP contribution is -2.29. The van der Waals surface area contributed by atoms with Crippen molar-refractivity contribution in [2.24, 2.45) is 0 Å². The summed E-state index contributed by atoms with van der Waals surface area (Å²) in [7, 11) is 1.29. The van der Waals surface area contributed by atoms with Gasteiger partial charge >= 0.3 is 6.09 Å². The van der Waals surface area contributed by atoms with Crippen molar-refractivity contribution in [1.29, 1.82) is 0 Å². The minimum atomic E-state index is -0.518. The Morgan fingerprint density at radius 2 is 1.51 bits per heavy atom. The third-order valence-corrected chi connectivity index (χ3v) is 5.49. The molecule has 0 saturated carbocycles. The molecule has 0 aliphatic carbocycles. The number of rotatable bonds is 12. The SMILES string of the molecule is COC(=O)NCCCNC(=O)c1ccc(NCCNc2ccccc2C)c(NC(=O)c2ccc(C)o2)c1. The number of hydrogen-bond acceptors (Lipinski definition) is 7. The summed E-state index contributed by atoms with van der Waals surface area (Å²) in [6.45, 7) is 5.76. The predicted molar refractivity (Wildman–Crippen MR) is 143 cm³/mol. The minimum Gasteiger partial charge on any atom is -0.456 e. The summed E-state index contributed by atoms with van der Waals surface area (Å²) >= 11 is 0. The number of benzene rings is 2. The van der Waals surface area contributed by atoms with Crippen LogP contribution in [0.4, 0.5) is 21.9 Å². The molecule has 2 aromatic carbocycles. The standard InChI is InChI=1S/C27H33N5O5/c1-18-7-4-5-8-21(18)28-15-16-29-22-11-10-20(25(33)30-13-6-14-31-27(35)36-3)17-23(22)32-26(34)24-12-9-19(2)37-24/h4-5,7-12,17,28-29H,6,13-16H2,1-3H3,(H,30,33)(H,31,35)(H,32,34). The molecule has 3 amide bonds. The maximum atomic E-state index is 12.7. The number of alkyl carbamates (subject to hydrolysis) is 1. The number of furan rings is 1. The molecule has 10 nitrogen and oxygen atoms in total. The van der Waals surface area contributed by atoms with Crippen molar-refractivity contribution >= 4 is 35.0 Å². The van der Waals surface area contributed by atoms with Crippen LogP contribution >= 0.6 is 0 Å². The Morgan fingerprint density at radius 1 is 0.784 bits per heavy atom. The van der Waals surface area contributed by atoms with E-state index in [-0.39, 0.29) is 11.7 Å². The van der Waals surface area contributed by atoms with E-state index in [1.807, 2.05) is 31.2 Å². The largest absolute Gasteiger partial charge is 0.456 e. The summed E-state index contributed by atoms with van der Waals surface area (Å²) < 4.78 is 9.95. The van der Waals surface area contributed by atoms with Crippen LogP contribution < -0.4 is 26.6 Å². The predicted octanol–water partition coefficient (Wildman–Crippen LogP) is 4.15. The van der Waals surface area contributed by atoms with Gasteiger partial charge in [0.15, 0.2) is 5.76 Å². The first-order chi connectivity index (χ1) is 17.9. The number of methoxy groups -OCH3 is 1. The van der Waals surface area contributed by atoms with Gasteiger partial charge in [0.05, 0.1) is 18.5 Å². The number of carbonyl (C=O) groups is 3. The van der Waals surface area contributed by atoms with Crippen molar-refractivity contribution < 1.29 is 23.5 Å². The molecule has 0 atom stereocenters. The summed E-state index contributed by atoms with van der Waals surface area (Å²) in [4.78, 5) is 36.5. The van der Waals surface area contributed by atoms with Gasteiger partial charge in [0, 0.05) is 37.4 Å². The Hall–Kier alpha value is -4.47. The monoisotopic (exact) mass is 507 g/mol. The van der Waals surface area contributed by atoms with Crippen LogP contribution in [-0.4, -0.2) is 51.2 Å². The molecular weight excluding hydrogens is 474 g/mol. The van der Waals surface area contributed by atoms with Crippen molar-refractivity contribution in [2.75, 3.05) is 49.2 Å². The highest BCUT2D eigenvalue weighted by atomic mass is 16.5. The Morgan fingerprint density at radius 3 is 2.22 bits per heavy atom. The van der Waals surface area contributed by atoms with Crippen molar-refractivity contribution in [1.82, 2.24) is 10.6 Å². The van der Waals surface area contributed by atoms with E-state index in [9.17, 15) is 14.4 Å². The Bertz CT molecular complexity index is 1220. The molecule has 5 N–H and O–H groups in total. The van der Waals surface area contributed by atoms with Gasteiger partial charge in [-0.1, -0.05) is 18.2 Å². The Labute approximate surface area is 216 Å². The van der Waals surface area contributed by atoms with E-state index in [1.165, 1.54) is 7.11 Å². The first-order valence-electron chi connectivity index (χ1n) is 12.0. The van der Waals surface area contributed by atoms with E-state index in [0.29, 0.717) is 55.3 Å². The van der Waals surface area contributed by atoms with Crippen LogP contribution in [0, 0.1) is 13.8 Å². The van der Waals surface area contributed by atoms with Crippen LogP contribution in [0.3, 0.4) is 0 Å². The second-order valence-corrected chi connectivity index (χ2v) is 8.32. The van der Waals surface area contributed by atoms with Crippen LogP contribution in [0.25, 0.3) is 0 Å². The lowest BCUT2D eigenvalue weighted by Gasteiger charge is -2.16. The van der Waals surface area contributed by atoms with Crippen molar-refractivity contribution in [2.45, 2.75) is 20.3 Å². The number of carbonyl (C=O) groups excluding carboxylic acids is 3. The molecule has 10 heteroatoms. The zero-order valence-electron chi connectivity index (χ0n) is 21.3. The third kappa shape index (κ3) is 8.31. The molecule has 0 radical (unpaired) electrons. The number of amides is 3. The van der Waals surface area contributed by atoms with Crippen molar-refractivity contribution in [3.8, 4) is 0 Å². The number of anilines is 3. The van der Waals surface area contributed by atoms with Crippen LogP contribution in [0.5, 0.6) is 0 Å². The van der Waals surface area contributed by atoms with E-state index in [2.05, 4.69) is 31.3 Å². The fraction of sp³-hybridized carbons (Fsp3) is 0.296. The number of ether oxygens (including phenoxy) is 1. The molecule has 0 unspecified atom stereocenters. The van der Waals surface area contributed by atoms with E-state index in [1.54, 1.807) is 37.3 Å². The average molecular weight is 508 g/mol. The fourth-order valence-electron chi connectivity index (χ4n) is 3.50. The van der Waals surface area contributed by atoms with Crippen LogP contribution in [0.2, 0.25) is 0 Å². The molecule has 0 aliphatic rings. The van der Waals surface area contributed by atoms with Crippen molar-refractivity contribution in [3.63, 3.8) is 0 Å². The number of hydrogen-bond donors (Lipinski definition) is 5.